The lowest BCUT2D eigenvalue weighted by Gasteiger charge is -2.20. The Morgan fingerprint density at radius 1 is 1.35 bits per heavy atom. The third kappa shape index (κ3) is 2.70. The number of carboxylic acids is 1. The number of aliphatic carboxylic acids is 1. The number of rotatable bonds is 4. The number of carboxylic acid groups (broad SMARTS) is 1. The van der Waals surface area contributed by atoms with E-state index in [1.54, 1.807) is 27.0 Å². The zero-order valence-corrected chi connectivity index (χ0v) is 12.4. The van der Waals surface area contributed by atoms with Crippen LogP contribution in [0.1, 0.15) is 19.4 Å². The van der Waals surface area contributed by atoms with Gasteiger partial charge in [0.05, 0.1) is 23.1 Å². The summed E-state index contributed by atoms with van der Waals surface area (Å²) in [6.45, 7) is 3.37. The fourth-order valence-electron chi connectivity index (χ4n) is 2.00. The predicted octanol–water partition coefficient (Wildman–Crippen LogP) is 3.55. The van der Waals surface area contributed by atoms with Crippen molar-refractivity contribution in [3.05, 3.63) is 34.9 Å². The molecule has 0 amide bonds. The van der Waals surface area contributed by atoms with E-state index < -0.39 is 11.4 Å². The van der Waals surface area contributed by atoms with Crippen molar-refractivity contribution in [1.82, 2.24) is 4.98 Å². The van der Waals surface area contributed by atoms with Gasteiger partial charge in [0.25, 0.3) is 0 Å². The molecule has 0 atom stereocenters. The van der Waals surface area contributed by atoms with E-state index in [1.165, 1.54) is 0 Å². The molecule has 1 aromatic heterocycles. The first-order chi connectivity index (χ1) is 9.35. The third-order valence-electron chi connectivity index (χ3n) is 3.28. The number of fused-ring (bicyclic) bond motifs is 1. The minimum atomic E-state index is -0.864. The van der Waals surface area contributed by atoms with Gasteiger partial charge in [-0.05, 0) is 38.0 Å². The summed E-state index contributed by atoms with van der Waals surface area (Å²) in [5.74, 6) is -0.325. The summed E-state index contributed by atoms with van der Waals surface area (Å²) in [4.78, 5) is 15.5. The van der Waals surface area contributed by atoms with Crippen LogP contribution in [0.15, 0.2) is 24.3 Å². The molecule has 0 aliphatic carbocycles. The molecule has 0 spiro atoms. The van der Waals surface area contributed by atoms with E-state index in [-0.39, 0.29) is 0 Å². The van der Waals surface area contributed by atoms with Gasteiger partial charge in [-0.2, -0.15) is 0 Å². The van der Waals surface area contributed by atoms with Gasteiger partial charge in [0.2, 0.25) is 5.88 Å². The second-order valence-corrected chi connectivity index (χ2v) is 5.70. The van der Waals surface area contributed by atoms with Gasteiger partial charge in [-0.25, -0.2) is 4.98 Å². The van der Waals surface area contributed by atoms with E-state index in [0.717, 1.165) is 16.5 Å². The van der Waals surface area contributed by atoms with Crippen LogP contribution in [-0.4, -0.2) is 23.2 Å². The van der Waals surface area contributed by atoms with Crippen molar-refractivity contribution in [3.63, 3.8) is 0 Å². The van der Waals surface area contributed by atoms with Crippen LogP contribution < -0.4 is 4.74 Å². The van der Waals surface area contributed by atoms with E-state index in [4.69, 9.17) is 16.3 Å². The van der Waals surface area contributed by atoms with Gasteiger partial charge in [0.1, 0.15) is 0 Å². The standard InChI is InChI=1S/C15H16ClNO3/c1-15(2,14(18)19)8-9-4-6-11-10(13(9)16)5-7-12(17-11)20-3/h4-7H,8H2,1-3H3,(H,18,19). The molecule has 20 heavy (non-hydrogen) atoms. The third-order valence-corrected chi connectivity index (χ3v) is 3.73. The van der Waals surface area contributed by atoms with E-state index in [1.807, 2.05) is 18.2 Å². The van der Waals surface area contributed by atoms with Crippen molar-refractivity contribution < 1.29 is 14.6 Å². The molecule has 1 N–H and O–H groups in total. The highest BCUT2D eigenvalue weighted by atomic mass is 35.5. The lowest BCUT2D eigenvalue weighted by atomic mass is 9.85. The highest BCUT2D eigenvalue weighted by Crippen LogP contribution is 2.32. The first-order valence-corrected chi connectivity index (χ1v) is 6.58. The molecule has 106 valence electrons. The number of carbonyl (C=O) groups is 1. The second kappa shape index (κ2) is 5.29. The Bertz CT molecular complexity index is 667. The number of methoxy groups -OCH3 is 1. The molecule has 2 aromatic rings. The number of pyridine rings is 1. The Hall–Kier alpha value is -1.81. The first-order valence-electron chi connectivity index (χ1n) is 6.20. The topological polar surface area (TPSA) is 59.4 Å². The number of hydrogen-bond acceptors (Lipinski definition) is 3. The molecule has 4 nitrogen and oxygen atoms in total. The van der Waals surface area contributed by atoms with Crippen LogP contribution in [0.3, 0.4) is 0 Å². The molecule has 0 fully saturated rings. The zero-order valence-electron chi connectivity index (χ0n) is 11.6. The van der Waals surface area contributed by atoms with Crippen LogP contribution in [-0.2, 0) is 11.2 Å². The minimum Gasteiger partial charge on any atom is -0.481 e. The van der Waals surface area contributed by atoms with Gasteiger partial charge in [0, 0.05) is 11.5 Å². The molecule has 2 rings (SSSR count). The number of hydrogen-bond donors (Lipinski definition) is 1. The Morgan fingerprint density at radius 2 is 2.05 bits per heavy atom. The molecule has 0 aliphatic heterocycles. The maximum Gasteiger partial charge on any atom is 0.309 e. The summed E-state index contributed by atoms with van der Waals surface area (Å²) in [5.41, 5.74) is 0.668. The molecule has 0 unspecified atom stereocenters. The Morgan fingerprint density at radius 3 is 2.65 bits per heavy atom. The monoisotopic (exact) mass is 293 g/mol. The summed E-state index contributed by atoms with van der Waals surface area (Å²) >= 11 is 6.37. The summed E-state index contributed by atoms with van der Waals surface area (Å²) in [6, 6.07) is 7.22. The van der Waals surface area contributed by atoms with Crippen LogP contribution >= 0.6 is 11.6 Å². The maximum atomic E-state index is 11.2. The number of aromatic nitrogens is 1. The normalized spacial score (nSPS) is 11.6. The van der Waals surface area contributed by atoms with Crippen molar-refractivity contribution in [2.24, 2.45) is 5.41 Å². The summed E-state index contributed by atoms with van der Waals surface area (Å²) in [6.07, 6.45) is 0.364. The summed E-state index contributed by atoms with van der Waals surface area (Å²) < 4.78 is 5.07. The van der Waals surface area contributed by atoms with Crippen molar-refractivity contribution in [1.29, 1.82) is 0 Å². The van der Waals surface area contributed by atoms with E-state index in [2.05, 4.69) is 4.98 Å². The number of halogens is 1. The Balaban J connectivity index is 2.47. The lowest BCUT2D eigenvalue weighted by Crippen LogP contribution is -2.26. The molecule has 0 aliphatic rings. The van der Waals surface area contributed by atoms with E-state index in [0.29, 0.717) is 17.3 Å². The molecule has 0 radical (unpaired) electrons. The van der Waals surface area contributed by atoms with Crippen LogP contribution in [0.2, 0.25) is 5.02 Å². The fraction of sp³-hybridized carbons (Fsp3) is 0.333. The average Bonchev–Trinajstić information content (AvgIpc) is 2.41. The predicted molar refractivity (Wildman–Crippen MR) is 78.4 cm³/mol. The van der Waals surface area contributed by atoms with Gasteiger partial charge >= 0.3 is 5.97 Å². The molecule has 0 saturated carbocycles. The number of nitrogens with zero attached hydrogens (tertiary/aromatic N) is 1. The van der Waals surface area contributed by atoms with Crippen LogP contribution in [0, 0.1) is 5.41 Å². The SMILES string of the molecule is COc1ccc2c(Cl)c(CC(C)(C)C(=O)O)ccc2n1. The molecule has 1 heterocycles. The maximum absolute atomic E-state index is 11.2. The van der Waals surface area contributed by atoms with Crippen LogP contribution in [0.4, 0.5) is 0 Å². The first kappa shape index (κ1) is 14.6. The number of benzene rings is 1. The Labute approximate surface area is 122 Å². The molecular formula is C15H16ClNO3. The van der Waals surface area contributed by atoms with E-state index >= 15 is 0 Å². The highest BCUT2D eigenvalue weighted by molar-refractivity contribution is 6.36. The van der Waals surface area contributed by atoms with E-state index in [9.17, 15) is 9.90 Å². The van der Waals surface area contributed by atoms with Crippen molar-refractivity contribution in [2.45, 2.75) is 20.3 Å². The summed E-state index contributed by atoms with van der Waals surface area (Å²) in [5, 5.41) is 10.5. The highest BCUT2D eigenvalue weighted by Gasteiger charge is 2.28. The summed E-state index contributed by atoms with van der Waals surface area (Å²) in [7, 11) is 1.56. The molecule has 5 heteroatoms. The molecule has 1 aromatic carbocycles. The van der Waals surface area contributed by atoms with Crippen LogP contribution in [0.25, 0.3) is 10.9 Å². The molecule has 0 saturated heterocycles. The van der Waals surface area contributed by atoms with Crippen molar-refractivity contribution in [3.8, 4) is 5.88 Å². The second-order valence-electron chi connectivity index (χ2n) is 5.32. The smallest absolute Gasteiger partial charge is 0.309 e. The fourth-order valence-corrected chi connectivity index (χ4v) is 2.29. The lowest BCUT2D eigenvalue weighted by molar-refractivity contribution is -0.146. The quantitative estimate of drug-likeness (QED) is 0.936. The minimum absolute atomic E-state index is 0.364. The van der Waals surface area contributed by atoms with Gasteiger partial charge < -0.3 is 9.84 Å². The number of ether oxygens (including phenoxy) is 1. The van der Waals surface area contributed by atoms with Gasteiger partial charge in [-0.3, -0.25) is 4.79 Å². The zero-order chi connectivity index (χ0) is 14.9. The van der Waals surface area contributed by atoms with Crippen LogP contribution in [0.5, 0.6) is 5.88 Å². The van der Waals surface area contributed by atoms with Crippen molar-refractivity contribution in [2.75, 3.05) is 7.11 Å². The van der Waals surface area contributed by atoms with Crippen molar-refractivity contribution >= 4 is 28.5 Å². The largest absolute Gasteiger partial charge is 0.481 e. The molecular weight excluding hydrogens is 278 g/mol. The van der Waals surface area contributed by atoms with Gasteiger partial charge in [-0.1, -0.05) is 17.7 Å². The molecule has 0 bridgehead atoms. The Kier molecular flexibility index (Phi) is 3.86. The van der Waals surface area contributed by atoms with Gasteiger partial charge in [0.15, 0.2) is 0 Å². The average molecular weight is 294 g/mol. The van der Waals surface area contributed by atoms with Gasteiger partial charge in [-0.15, -0.1) is 0 Å².